The van der Waals surface area contributed by atoms with Gasteiger partial charge in [0.15, 0.2) is 0 Å². The van der Waals surface area contributed by atoms with Crippen molar-refractivity contribution in [3.63, 3.8) is 0 Å². The van der Waals surface area contributed by atoms with Gasteiger partial charge in [0.1, 0.15) is 5.84 Å². The summed E-state index contributed by atoms with van der Waals surface area (Å²) in [6.07, 6.45) is 0. The van der Waals surface area contributed by atoms with E-state index in [0.29, 0.717) is 29.0 Å². The molecule has 0 spiro atoms. The quantitative estimate of drug-likeness (QED) is 0.504. The van der Waals surface area contributed by atoms with Crippen molar-refractivity contribution in [1.29, 1.82) is 0 Å². The van der Waals surface area contributed by atoms with Gasteiger partial charge in [-0.2, -0.15) is 0 Å². The highest BCUT2D eigenvalue weighted by atomic mass is 35.5. The molecule has 3 nitrogen and oxygen atoms in total. The summed E-state index contributed by atoms with van der Waals surface area (Å²) in [5.41, 5.74) is 6.48. The third-order valence-corrected chi connectivity index (χ3v) is 2.17. The Kier molecular flexibility index (Phi) is 4.88. The number of hydrogen-bond acceptors (Lipinski definition) is 2. The van der Waals surface area contributed by atoms with Crippen LogP contribution in [0.4, 0.5) is 0 Å². The van der Waals surface area contributed by atoms with Gasteiger partial charge in [0.05, 0.1) is 13.2 Å². The molecule has 15 heavy (non-hydrogen) atoms. The highest BCUT2D eigenvalue weighted by molar-refractivity contribution is 6.35. The van der Waals surface area contributed by atoms with Gasteiger partial charge in [0, 0.05) is 22.7 Å². The van der Waals surface area contributed by atoms with Crippen LogP contribution in [0.15, 0.2) is 23.2 Å². The minimum absolute atomic E-state index is 0.413. The molecule has 0 aliphatic heterocycles. The zero-order valence-electron chi connectivity index (χ0n) is 8.34. The van der Waals surface area contributed by atoms with Crippen LogP contribution in [0.1, 0.15) is 5.56 Å². The lowest BCUT2D eigenvalue weighted by Crippen LogP contribution is -2.14. The summed E-state index contributed by atoms with van der Waals surface area (Å²) in [5, 5.41) is 1.09. The Morgan fingerprint density at radius 2 is 1.93 bits per heavy atom. The van der Waals surface area contributed by atoms with Crippen molar-refractivity contribution >= 4 is 29.0 Å². The van der Waals surface area contributed by atoms with Crippen LogP contribution in [-0.2, 0) is 4.74 Å². The fourth-order valence-corrected chi connectivity index (χ4v) is 1.58. The molecule has 0 saturated carbocycles. The lowest BCUT2D eigenvalue weighted by atomic mass is 10.2. The van der Waals surface area contributed by atoms with Gasteiger partial charge in [-0.05, 0) is 18.2 Å². The Hall–Kier alpha value is -0.770. The SMILES string of the molecule is COCCN=C(N)c1cc(Cl)cc(Cl)c1. The largest absolute Gasteiger partial charge is 0.384 e. The molecule has 0 fully saturated rings. The van der Waals surface area contributed by atoms with E-state index < -0.39 is 0 Å². The Balaban J connectivity index is 2.81. The maximum Gasteiger partial charge on any atom is 0.125 e. The fraction of sp³-hybridized carbons (Fsp3) is 0.300. The van der Waals surface area contributed by atoms with Crippen LogP contribution < -0.4 is 5.73 Å². The van der Waals surface area contributed by atoms with Crippen molar-refractivity contribution in [3.05, 3.63) is 33.8 Å². The highest BCUT2D eigenvalue weighted by Crippen LogP contribution is 2.18. The van der Waals surface area contributed by atoms with Crippen LogP contribution >= 0.6 is 23.2 Å². The number of rotatable bonds is 4. The van der Waals surface area contributed by atoms with Gasteiger partial charge in [-0.3, -0.25) is 4.99 Å². The average molecular weight is 247 g/mol. The number of nitrogens with zero attached hydrogens (tertiary/aromatic N) is 1. The Morgan fingerprint density at radius 3 is 2.47 bits per heavy atom. The van der Waals surface area contributed by atoms with Crippen LogP contribution in [0.5, 0.6) is 0 Å². The van der Waals surface area contributed by atoms with E-state index in [0.717, 1.165) is 5.56 Å². The molecule has 0 aliphatic rings. The van der Waals surface area contributed by atoms with Gasteiger partial charge in [0.25, 0.3) is 0 Å². The molecule has 0 amide bonds. The minimum atomic E-state index is 0.413. The van der Waals surface area contributed by atoms with Crippen LogP contribution in [0, 0.1) is 0 Å². The number of methoxy groups -OCH3 is 1. The van der Waals surface area contributed by atoms with Gasteiger partial charge in [-0.25, -0.2) is 0 Å². The lowest BCUT2D eigenvalue weighted by molar-refractivity contribution is 0.208. The van der Waals surface area contributed by atoms with Crippen LogP contribution in [0.2, 0.25) is 10.0 Å². The molecule has 0 radical (unpaired) electrons. The maximum atomic E-state index is 5.84. The second-order valence-electron chi connectivity index (χ2n) is 2.92. The van der Waals surface area contributed by atoms with Crippen molar-refractivity contribution in [2.24, 2.45) is 10.7 Å². The fourth-order valence-electron chi connectivity index (χ4n) is 1.05. The standard InChI is InChI=1S/C10H12Cl2N2O/c1-15-3-2-14-10(13)7-4-8(11)6-9(12)5-7/h4-6H,2-3H2,1H3,(H2,13,14). The van der Waals surface area contributed by atoms with Crippen LogP contribution in [-0.4, -0.2) is 26.1 Å². The minimum Gasteiger partial charge on any atom is -0.384 e. The van der Waals surface area contributed by atoms with E-state index >= 15 is 0 Å². The zero-order chi connectivity index (χ0) is 11.3. The lowest BCUT2D eigenvalue weighted by Gasteiger charge is -2.02. The molecule has 1 aromatic rings. The first-order chi connectivity index (χ1) is 7.13. The monoisotopic (exact) mass is 246 g/mol. The molecule has 1 aromatic carbocycles. The Bertz CT molecular complexity index is 346. The molecule has 82 valence electrons. The summed E-state index contributed by atoms with van der Waals surface area (Å²) < 4.78 is 4.86. The number of hydrogen-bond donors (Lipinski definition) is 1. The number of halogens is 2. The summed E-state index contributed by atoms with van der Waals surface area (Å²) >= 11 is 11.7. The topological polar surface area (TPSA) is 47.6 Å². The zero-order valence-corrected chi connectivity index (χ0v) is 9.85. The highest BCUT2D eigenvalue weighted by Gasteiger charge is 2.01. The molecule has 1 rings (SSSR count). The van der Waals surface area contributed by atoms with E-state index in [1.807, 2.05) is 0 Å². The summed E-state index contributed by atoms with van der Waals surface area (Å²) in [4.78, 5) is 4.12. The van der Waals surface area contributed by atoms with Crippen molar-refractivity contribution in [2.75, 3.05) is 20.3 Å². The van der Waals surface area contributed by atoms with E-state index in [-0.39, 0.29) is 0 Å². The number of benzene rings is 1. The second-order valence-corrected chi connectivity index (χ2v) is 3.79. The van der Waals surface area contributed by atoms with Gasteiger partial charge in [-0.15, -0.1) is 0 Å². The third-order valence-electron chi connectivity index (χ3n) is 1.74. The molecule has 0 unspecified atom stereocenters. The van der Waals surface area contributed by atoms with Crippen LogP contribution in [0.3, 0.4) is 0 Å². The predicted molar refractivity (Wildman–Crippen MR) is 63.9 cm³/mol. The molecule has 0 bridgehead atoms. The van der Waals surface area contributed by atoms with Crippen molar-refractivity contribution in [3.8, 4) is 0 Å². The van der Waals surface area contributed by atoms with Crippen molar-refractivity contribution in [2.45, 2.75) is 0 Å². The van der Waals surface area contributed by atoms with Gasteiger partial charge in [-0.1, -0.05) is 23.2 Å². The first kappa shape index (κ1) is 12.3. The molecule has 0 heterocycles. The number of aliphatic imine (C=N–C) groups is 1. The van der Waals surface area contributed by atoms with Crippen LogP contribution in [0.25, 0.3) is 0 Å². The molecule has 5 heteroatoms. The summed E-state index contributed by atoms with van der Waals surface area (Å²) in [7, 11) is 1.61. The van der Waals surface area contributed by atoms with E-state index in [2.05, 4.69) is 4.99 Å². The number of amidine groups is 1. The van der Waals surface area contributed by atoms with Gasteiger partial charge < -0.3 is 10.5 Å². The summed E-state index contributed by atoms with van der Waals surface area (Å²) in [6.45, 7) is 1.06. The Labute approximate surface area is 98.8 Å². The molecule has 0 saturated heterocycles. The first-order valence-electron chi connectivity index (χ1n) is 4.39. The molecule has 0 atom stereocenters. The number of ether oxygens (including phenoxy) is 1. The maximum absolute atomic E-state index is 5.84. The predicted octanol–water partition coefficient (Wildman–Crippen LogP) is 2.35. The number of nitrogens with two attached hydrogens (primary N) is 1. The smallest absolute Gasteiger partial charge is 0.125 e. The van der Waals surface area contributed by atoms with E-state index in [4.69, 9.17) is 33.7 Å². The molecular formula is C10H12Cl2N2O. The second kappa shape index (κ2) is 5.95. The van der Waals surface area contributed by atoms with E-state index in [1.54, 1.807) is 25.3 Å². The average Bonchev–Trinajstić information content (AvgIpc) is 2.16. The molecular weight excluding hydrogens is 235 g/mol. The Morgan fingerprint density at radius 1 is 1.33 bits per heavy atom. The van der Waals surface area contributed by atoms with E-state index in [1.165, 1.54) is 0 Å². The van der Waals surface area contributed by atoms with Crippen molar-refractivity contribution < 1.29 is 4.74 Å². The van der Waals surface area contributed by atoms with Crippen molar-refractivity contribution in [1.82, 2.24) is 0 Å². The normalized spacial score (nSPS) is 11.8. The summed E-state index contributed by atoms with van der Waals surface area (Å²) in [6, 6.07) is 5.09. The molecule has 2 N–H and O–H groups in total. The molecule has 0 aliphatic carbocycles. The first-order valence-corrected chi connectivity index (χ1v) is 5.14. The van der Waals surface area contributed by atoms with Gasteiger partial charge >= 0.3 is 0 Å². The van der Waals surface area contributed by atoms with Gasteiger partial charge in [0.2, 0.25) is 0 Å². The summed E-state index contributed by atoms with van der Waals surface area (Å²) in [5.74, 6) is 0.413. The van der Waals surface area contributed by atoms with E-state index in [9.17, 15) is 0 Å². The third kappa shape index (κ3) is 4.08. The molecule has 0 aromatic heterocycles.